The molecule has 0 spiro atoms. The topological polar surface area (TPSA) is 231 Å². The highest BCUT2D eigenvalue weighted by atomic mass is 32.2. The fourth-order valence-electron chi connectivity index (χ4n) is 4.04. The van der Waals surface area contributed by atoms with Gasteiger partial charge < -0.3 is 20.1 Å². The third-order valence-electron chi connectivity index (χ3n) is 6.53. The number of benzene rings is 4. The van der Waals surface area contributed by atoms with Crippen LogP contribution >= 0.6 is 0 Å². The molecule has 252 valence electrons. The van der Waals surface area contributed by atoms with E-state index in [1.165, 1.54) is 24.3 Å². The summed E-state index contributed by atoms with van der Waals surface area (Å²) in [5.41, 5.74) is 2.82. The van der Waals surface area contributed by atoms with Gasteiger partial charge in [0, 0.05) is 22.5 Å². The third kappa shape index (κ3) is 9.79. The van der Waals surface area contributed by atoms with E-state index in [9.17, 15) is 36.0 Å². The number of nitrogens with one attached hydrogen (secondary N) is 2. The van der Waals surface area contributed by atoms with Gasteiger partial charge in [0.1, 0.15) is 0 Å². The van der Waals surface area contributed by atoms with Crippen molar-refractivity contribution in [3.05, 3.63) is 118 Å². The Morgan fingerprint density at radius 1 is 0.542 bits per heavy atom. The maximum absolute atomic E-state index is 12.2. The van der Waals surface area contributed by atoms with E-state index in [1.54, 1.807) is 48.5 Å². The highest BCUT2D eigenvalue weighted by molar-refractivity contribution is 7.89. The van der Waals surface area contributed by atoms with Crippen LogP contribution in [-0.4, -0.2) is 54.8 Å². The summed E-state index contributed by atoms with van der Waals surface area (Å²) in [6, 6.07) is 21.2. The van der Waals surface area contributed by atoms with Gasteiger partial charge in [0.25, 0.3) is 11.8 Å². The Kier molecular flexibility index (Phi) is 11.9. The number of hydrogen-bond acceptors (Lipinski definition) is 10. The molecule has 4 aromatic carbocycles. The predicted octanol–water partition coefficient (Wildman–Crippen LogP) is 3.36. The minimum atomic E-state index is -4.17. The minimum Gasteiger partial charge on any atom is -0.465 e. The molecular formula is C32H32N4O10S2. The van der Waals surface area contributed by atoms with Crippen molar-refractivity contribution < 1.29 is 45.5 Å². The van der Waals surface area contributed by atoms with Crippen LogP contribution in [0.15, 0.2) is 94.7 Å². The van der Waals surface area contributed by atoms with Crippen molar-refractivity contribution in [2.75, 3.05) is 24.9 Å². The first kappa shape index (κ1) is 37.0. The Morgan fingerprint density at radius 3 is 1.12 bits per heavy atom. The molecule has 0 heterocycles. The van der Waals surface area contributed by atoms with E-state index in [0.29, 0.717) is 11.1 Å². The molecule has 14 nitrogen and oxygen atoms in total. The molecule has 0 aliphatic carbocycles. The number of carbonyl (C=O) groups excluding carboxylic acids is 4. The molecule has 48 heavy (non-hydrogen) atoms. The summed E-state index contributed by atoms with van der Waals surface area (Å²) in [5.74, 6) is -2.51. The van der Waals surface area contributed by atoms with Crippen molar-refractivity contribution in [1.29, 1.82) is 0 Å². The molecule has 0 atom stereocenters. The second-order valence-corrected chi connectivity index (χ2v) is 13.2. The van der Waals surface area contributed by atoms with Gasteiger partial charge in [-0.3, -0.25) is 9.59 Å². The van der Waals surface area contributed by atoms with E-state index >= 15 is 0 Å². The first-order chi connectivity index (χ1) is 22.4. The van der Waals surface area contributed by atoms with E-state index in [-0.39, 0.29) is 22.5 Å². The zero-order chi connectivity index (χ0) is 35.8. The molecule has 2 amide bonds. The number of rotatable bonds is 8. The number of primary sulfonamides is 2. The van der Waals surface area contributed by atoms with Crippen LogP contribution in [0.25, 0.3) is 0 Å². The number of hydrogen-bond donors (Lipinski definition) is 4. The molecule has 0 fully saturated rings. The molecule has 0 radical (unpaired) electrons. The molecule has 0 saturated carbocycles. The van der Waals surface area contributed by atoms with Crippen LogP contribution in [0.2, 0.25) is 0 Å². The Hall–Kier alpha value is -5.42. The molecule has 4 rings (SSSR count). The molecule has 0 aliphatic heterocycles. The van der Waals surface area contributed by atoms with E-state index in [2.05, 4.69) is 20.1 Å². The van der Waals surface area contributed by atoms with Crippen LogP contribution in [0.4, 0.5) is 11.4 Å². The van der Waals surface area contributed by atoms with E-state index in [4.69, 9.17) is 10.3 Å². The second kappa shape index (κ2) is 15.4. The normalized spacial score (nSPS) is 11.0. The minimum absolute atomic E-state index is 0.192. The maximum atomic E-state index is 12.2. The standard InChI is InChI=1S/2C16H16N2O5S/c2*1-10-3-5-11(6-4-10)15(19)18-12-7-8-13(16(20)23-2)14(9-12)24(17,21)22/h2*3-9H,1-2H3,(H,18,19)(H2,17,21,22). The van der Waals surface area contributed by atoms with Crippen molar-refractivity contribution in [1.82, 2.24) is 0 Å². The molecule has 0 bridgehead atoms. The lowest BCUT2D eigenvalue weighted by atomic mass is 10.1. The average Bonchev–Trinajstić information content (AvgIpc) is 3.04. The SMILES string of the molecule is COC(=O)c1ccc(NC(=O)c2ccc(C)cc2)cc1S(N)(=O)=O.COC(=O)c1ccc(NC(=O)c2ccc(C)cc2)cc1S(N)(=O)=O. The van der Waals surface area contributed by atoms with Gasteiger partial charge in [-0.2, -0.15) is 0 Å². The molecule has 16 heteroatoms. The molecule has 0 aliphatic rings. The molecule has 0 unspecified atom stereocenters. The first-order valence-corrected chi connectivity index (χ1v) is 16.8. The average molecular weight is 697 g/mol. The van der Waals surface area contributed by atoms with Crippen molar-refractivity contribution in [3.63, 3.8) is 0 Å². The number of esters is 2. The number of methoxy groups -OCH3 is 2. The van der Waals surface area contributed by atoms with Crippen LogP contribution in [0.5, 0.6) is 0 Å². The van der Waals surface area contributed by atoms with Gasteiger partial charge in [0.05, 0.1) is 35.1 Å². The van der Waals surface area contributed by atoms with Gasteiger partial charge in [-0.1, -0.05) is 35.4 Å². The largest absolute Gasteiger partial charge is 0.465 e. The van der Waals surface area contributed by atoms with E-state index in [0.717, 1.165) is 37.5 Å². The van der Waals surface area contributed by atoms with Gasteiger partial charge >= 0.3 is 11.9 Å². The van der Waals surface area contributed by atoms with Gasteiger partial charge in [-0.25, -0.2) is 36.7 Å². The molecular weight excluding hydrogens is 665 g/mol. The molecule has 6 N–H and O–H groups in total. The Morgan fingerprint density at radius 2 is 0.854 bits per heavy atom. The highest BCUT2D eigenvalue weighted by Gasteiger charge is 2.22. The fourth-order valence-corrected chi connectivity index (χ4v) is 5.54. The smallest absolute Gasteiger partial charge is 0.339 e. The summed E-state index contributed by atoms with van der Waals surface area (Å²) in [6.07, 6.45) is 0. The van der Waals surface area contributed by atoms with Crippen molar-refractivity contribution >= 4 is 55.2 Å². The number of amides is 2. The highest BCUT2D eigenvalue weighted by Crippen LogP contribution is 2.23. The number of anilines is 2. The van der Waals surface area contributed by atoms with Gasteiger partial charge in [-0.05, 0) is 74.5 Å². The lowest BCUT2D eigenvalue weighted by Gasteiger charge is -2.10. The monoisotopic (exact) mass is 696 g/mol. The van der Waals surface area contributed by atoms with Crippen molar-refractivity contribution in [3.8, 4) is 0 Å². The van der Waals surface area contributed by atoms with Crippen molar-refractivity contribution in [2.45, 2.75) is 23.6 Å². The summed E-state index contributed by atoms with van der Waals surface area (Å²) in [6.45, 7) is 3.79. The van der Waals surface area contributed by atoms with Crippen LogP contribution in [0.1, 0.15) is 52.6 Å². The summed E-state index contributed by atoms with van der Waals surface area (Å²) < 4.78 is 55.8. The summed E-state index contributed by atoms with van der Waals surface area (Å²) >= 11 is 0. The Labute approximate surface area is 277 Å². The zero-order valence-electron chi connectivity index (χ0n) is 26.1. The van der Waals surface area contributed by atoms with E-state index in [1.807, 2.05) is 13.8 Å². The van der Waals surface area contributed by atoms with Gasteiger partial charge in [0.15, 0.2) is 0 Å². The molecule has 0 aromatic heterocycles. The number of aryl methyl sites for hydroxylation is 2. The third-order valence-corrected chi connectivity index (χ3v) is 8.43. The fraction of sp³-hybridized carbons (Fsp3) is 0.125. The van der Waals surface area contributed by atoms with Crippen LogP contribution < -0.4 is 20.9 Å². The number of nitrogens with two attached hydrogens (primary N) is 2. The lowest BCUT2D eigenvalue weighted by molar-refractivity contribution is 0.0587. The number of sulfonamides is 2. The first-order valence-electron chi connectivity index (χ1n) is 13.7. The van der Waals surface area contributed by atoms with Crippen LogP contribution in [-0.2, 0) is 29.5 Å². The zero-order valence-corrected chi connectivity index (χ0v) is 27.8. The lowest BCUT2D eigenvalue weighted by Crippen LogP contribution is -2.19. The van der Waals surface area contributed by atoms with Crippen LogP contribution in [0.3, 0.4) is 0 Å². The molecule has 4 aromatic rings. The Bertz CT molecular complexity index is 1930. The van der Waals surface area contributed by atoms with Crippen LogP contribution in [0, 0.1) is 13.8 Å². The van der Waals surface area contributed by atoms with Gasteiger partial charge in [-0.15, -0.1) is 0 Å². The summed E-state index contributed by atoms with van der Waals surface area (Å²) in [7, 11) is -6.08. The summed E-state index contributed by atoms with van der Waals surface area (Å²) in [4.78, 5) is 46.8. The summed E-state index contributed by atoms with van der Waals surface area (Å²) in [5, 5.41) is 15.4. The predicted molar refractivity (Wildman–Crippen MR) is 177 cm³/mol. The van der Waals surface area contributed by atoms with Crippen molar-refractivity contribution in [2.24, 2.45) is 10.3 Å². The van der Waals surface area contributed by atoms with E-state index < -0.39 is 53.6 Å². The second-order valence-electron chi connectivity index (χ2n) is 10.1. The number of carbonyl (C=O) groups is 4. The Balaban J connectivity index is 0.000000260. The maximum Gasteiger partial charge on any atom is 0.339 e. The molecule has 0 saturated heterocycles. The number of ether oxygens (including phenoxy) is 2. The quantitative estimate of drug-likeness (QED) is 0.196. The van der Waals surface area contributed by atoms with Gasteiger partial charge in [0.2, 0.25) is 20.0 Å².